The van der Waals surface area contributed by atoms with E-state index in [1.807, 2.05) is 6.07 Å². The van der Waals surface area contributed by atoms with Crippen LogP contribution in [0.15, 0.2) is 12.1 Å². The van der Waals surface area contributed by atoms with Crippen molar-refractivity contribution >= 4 is 11.5 Å². The highest BCUT2D eigenvalue weighted by atomic mass is 16.6. The van der Waals surface area contributed by atoms with E-state index in [9.17, 15) is 10.1 Å². The SMILES string of the molecule is N#Cc1ccc([N+](=O)[O-])c(NC2CCC2)n1. The molecule has 0 radical (unpaired) electrons. The van der Waals surface area contributed by atoms with Crippen molar-refractivity contribution in [2.75, 3.05) is 5.32 Å². The van der Waals surface area contributed by atoms with Crippen LogP contribution in [0.2, 0.25) is 0 Å². The predicted molar refractivity (Wildman–Crippen MR) is 56.9 cm³/mol. The van der Waals surface area contributed by atoms with E-state index in [0.717, 1.165) is 19.3 Å². The Morgan fingerprint density at radius 1 is 1.56 bits per heavy atom. The molecule has 82 valence electrons. The first-order chi connectivity index (χ1) is 7.70. The van der Waals surface area contributed by atoms with E-state index < -0.39 is 4.92 Å². The van der Waals surface area contributed by atoms with Crippen LogP contribution in [0.1, 0.15) is 25.0 Å². The number of aromatic nitrogens is 1. The first kappa shape index (κ1) is 10.4. The molecule has 0 saturated heterocycles. The Morgan fingerprint density at radius 2 is 2.31 bits per heavy atom. The number of nitrogens with zero attached hydrogens (tertiary/aromatic N) is 3. The number of rotatable bonds is 3. The molecule has 1 aromatic rings. The number of hydrogen-bond donors (Lipinski definition) is 1. The van der Waals surface area contributed by atoms with Crippen LogP contribution in [0.3, 0.4) is 0 Å². The summed E-state index contributed by atoms with van der Waals surface area (Å²) in [6, 6.07) is 4.78. The Kier molecular flexibility index (Phi) is 2.68. The lowest BCUT2D eigenvalue weighted by Gasteiger charge is -2.26. The highest BCUT2D eigenvalue weighted by molar-refractivity contribution is 5.57. The highest BCUT2D eigenvalue weighted by Crippen LogP contribution is 2.27. The zero-order valence-electron chi connectivity index (χ0n) is 8.51. The topological polar surface area (TPSA) is 91.8 Å². The molecule has 0 aromatic carbocycles. The normalized spacial score (nSPS) is 14.9. The zero-order valence-corrected chi connectivity index (χ0v) is 8.51. The second-order valence-electron chi connectivity index (χ2n) is 3.71. The van der Waals surface area contributed by atoms with E-state index in [4.69, 9.17) is 5.26 Å². The quantitative estimate of drug-likeness (QED) is 0.617. The molecule has 2 rings (SSSR count). The maximum atomic E-state index is 10.8. The molecule has 0 aliphatic heterocycles. The highest BCUT2D eigenvalue weighted by Gasteiger charge is 2.23. The fourth-order valence-electron chi connectivity index (χ4n) is 1.51. The molecule has 1 aliphatic rings. The maximum Gasteiger partial charge on any atom is 0.311 e. The Balaban J connectivity index is 2.30. The number of hydrogen-bond acceptors (Lipinski definition) is 5. The van der Waals surface area contributed by atoms with Crippen LogP contribution in [0.25, 0.3) is 0 Å². The number of pyridine rings is 1. The van der Waals surface area contributed by atoms with E-state index in [0.29, 0.717) is 0 Å². The molecule has 1 saturated carbocycles. The van der Waals surface area contributed by atoms with Gasteiger partial charge >= 0.3 is 5.69 Å². The molecule has 1 heterocycles. The summed E-state index contributed by atoms with van der Waals surface area (Å²) in [5.41, 5.74) is 0.110. The maximum absolute atomic E-state index is 10.8. The van der Waals surface area contributed by atoms with Crippen molar-refractivity contribution in [3.63, 3.8) is 0 Å². The summed E-state index contributed by atoms with van der Waals surface area (Å²) in [6.07, 6.45) is 3.12. The van der Waals surface area contributed by atoms with Crippen LogP contribution >= 0.6 is 0 Å². The van der Waals surface area contributed by atoms with Crippen LogP contribution in [0, 0.1) is 21.4 Å². The van der Waals surface area contributed by atoms with Crippen LogP contribution < -0.4 is 5.32 Å². The van der Waals surface area contributed by atoms with Crippen LogP contribution in [-0.4, -0.2) is 15.9 Å². The van der Waals surface area contributed by atoms with Crippen molar-refractivity contribution in [3.8, 4) is 6.07 Å². The molecule has 0 unspecified atom stereocenters. The van der Waals surface area contributed by atoms with Crippen molar-refractivity contribution in [2.45, 2.75) is 25.3 Å². The molecule has 0 spiro atoms. The van der Waals surface area contributed by atoms with Gasteiger partial charge in [0.1, 0.15) is 11.8 Å². The average molecular weight is 218 g/mol. The van der Waals surface area contributed by atoms with Gasteiger partial charge < -0.3 is 5.32 Å². The summed E-state index contributed by atoms with van der Waals surface area (Å²) in [5.74, 6) is 0.203. The van der Waals surface area contributed by atoms with Gasteiger partial charge in [0.25, 0.3) is 0 Å². The van der Waals surface area contributed by atoms with Gasteiger partial charge in [-0.1, -0.05) is 0 Å². The fraction of sp³-hybridized carbons (Fsp3) is 0.400. The smallest absolute Gasteiger partial charge is 0.311 e. The molecule has 16 heavy (non-hydrogen) atoms. The lowest BCUT2D eigenvalue weighted by Crippen LogP contribution is -2.28. The fourth-order valence-corrected chi connectivity index (χ4v) is 1.51. The molecule has 6 nitrogen and oxygen atoms in total. The molecule has 1 fully saturated rings. The van der Waals surface area contributed by atoms with Gasteiger partial charge in [-0.15, -0.1) is 0 Å². The third kappa shape index (κ3) is 1.93. The monoisotopic (exact) mass is 218 g/mol. The van der Waals surface area contributed by atoms with E-state index >= 15 is 0 Å². The van der Waals surface area contributed by atoms with E-state index in [-0.39, 0.29) is 23.2 Å². The van der Waals surface area contributed by atoms with E-state index in [1.54, 1.807) is 0 Å². The third-order valence-corrected chi connectivity index (χ3v) is 2.63. The number of nitrogens with one attached hydrogen (secondary N) is 1. The minimum atomic E-state index is -0.491. The van der Waals surface area contributed by atoms with Crippen molar-refractivity contribution in [2.24, 2.45) is 0 Å². The minimum absolute atomic E-state index is 0.0779. The Labute approximate surface area is 92.1 Å². The van der Waals surface area contributed by atoms with Gasteiger partial charge in [0.2, 0.25) is 5.82 Å². The molecule has 1 N–H and O–H groups in total. The van der Waals surface area contributed by atoms with Gasteiger partial charge in [-0.2, -0.15) is 5.26 Å². The predicted octanol–water partition coefficient (Wildman–Crippen LogP) is 1.83. The van der Waals surface area contributed by atoms with E-state index in [1.165, 1.54) is 12.1 Å². The molecule has 6 heteroatoms. The van der Waals surface area contributed by atoms with Crippen molar-refractivity contribution in [1.29, 1.82) is 5.26 Å². The van der Waals surface area contributed by atoms with Crippen molar-refractivity contribution in [3.05, 3.63) is 27.9 Å². The second kappa shape index (κ2) is 4.14. The summed E-state index contributed by atoms with van der Waals surface area (Å²) in [7, 11) is 0. The number of nitro groups is 1. The van der Waals surface area contributed by atoms with Gasteiger partial charge in [0.05, 0.1) is 4.92 Å². The summed E-state index contributed by atoms with van der Waals surface area (Å²) in [6.45, 7) is 0. The van der Waals surface area contributed by atoms with Gasteiger partial charge in [0, 0.05) is 12.1 Å². The molecule has 0 atom stereocenters. The first-order valence-corrected chi connectivity index (χ1v) is 5.03. The summed E-state index contributed by atoms with van der Waals surface area (Å²) in [4.78, 5) is 14.2. The van der Waals surface area contributed by atoms with Gasteiger partial charge in [0.15, 0.2) is 0 Å². The van der Waals surface area contributed by atoms with Crippen LogP contribution in [0.5, 0.6) is 0 Å². The third-order valence-electron chi connectivity index (χ3n) is 2.63. The number of nitriles is 1. The molecule has 0 amide bonds. The molecular weight excluding hydrogens is 208 g/mol. The Bertz CT molecular complexity index is 462. The van der Waals surface area contributed by atoms with Gasteiger partial charge in [-0.3, -0.25) is 10.1 Å². The molecule has 0 bridgehead atoms. The largest absolute Gasteiger partial charge is 0.362 e. The molecular formula is C10H10N4O2. The second-order valence-corrected chi connectivity index (χ2v) is 3.71. The number of anilines is 1. The van der Waals surface area contributed by atoms with Gasteiger partial charge in [-0.05, 0) is 25.3 Å². The van der Waals surface area contributed by atoms with Crippen molar-refractivity contribution in [1.82, 2.24) is 4.98 Å². The molecule has 1 aliphatic carbocycles. The van der Waals surface area contributed by atoms with Gasteiger partial charge in [-0.25, -0.2) is 4.98 Å². The Morgan fingerprint density at radius 3 is 2.81 bits per heavy atom. The lowest BCUT2D eigenvalue weighted by molar-refractivity contribution is -0.384. The summed E-state index contributed by atoms with van der Waals surface area (Å²) in [5, 5.41) is 22.4. The first-order valence-electron chi connectivity index (χ1n) is 5.03. The minimum Gasteiger partial charge on any atom is -0.362 e. The average Bonchev–Trinajstić information content (AvgIpc) is 2.22. The summed E-state index contributed by atoms with van der Waals surface area (Å²) < 4.78 is 0. The Hall–Kier alpha value is -2.16. The van der Waals surface area contributed by atoms with E-state index in [2.05, 4.69) is 10.3 Å². The standard InChI is InChI=1S/C10H10N4O2/c11-6-8-4-5-9(14(15)16)10(13-8)12-7-2-1-3-7/h4-5,7H,1-3H2,(H,12,13). The molecule has 1 aromatic heterocycles. The lowest BCUT2D eigenvalue weighted by atomic mass is 9.93. The van der Waals surface area contributed by atoms with Crippen molar-refractivity contribution < 1.29 is 4.92 Å². The van der Waals surface area contributed by atoms with Crippen LogP contribution in [-0.2, 0) is 0 Å². The summed E-state index contributed by atoms with van der Waals surface area (Å²) >= 11 is 0. The van der Waals surface area contributed by atoms with Crippen LogP contribution in [0.4, 0.5) is 11.5 Å². The zero-order chi connectivity index (χ0) is 11.5.